The molecule has 7 heteroatoms. The Morgan fingerprint density at radius 2 is 1.78 bits per heavy atom. The molecule has 0 saturated heterocycles. The zero-order valence-corrected chi connectivity index (χ0v) is 17.5. The molecule has 0 aromatic heterocycles. The smallest absolute Gasteiger partial charge is 0.338 e. The van der Waals surface area contributed by atoms with Crippen LogP contribution in [0.15, 0.2) is 78.1 Å². The van der Waals surface area contributed by atoms with Gasteiger partial charge in [0.05, 0.1) is 37.0 Å². The van der Waals surface area contributed by atoms with E-state index in [-0.39, 0.29) is 24.0 Å². The molecule has 166 valence electrons. The van der Waals surface area contributed by atoms with Crippen LogP contribution in [0.2, 0.25) is 0 Å². The summed E-state index contributed by atoms with van der Waals surface area (Å²) in [5.41, 5.74) is 2.47. The second-order valence-corrected chi connectivity index (χ2v) is 7.60. The maximum absolute atomic E-state index is 13.1. The number of allylic oxidation sites excluding steroid dienone is 1. The highest BCUT2D eigenvalue weighted by Crippen LogP contribution is 2.44. The molecule has 0 amide bonds. The molecule has 0 spiro atoms. The topological polar surface area (TPSA) is 71.1 Å². The molecule has 1 aliphatic heterocycles. The number of hydrogen-bond donors (Lipinski definition) is 0. The maximum atomic E-state index is 13.1. The van der Waals surface area contributed by atoms with Gasteiger partial charge in [0.25, 0.3) is 0 Å². The van der Waals surface area contributed by atoms with Gasteiger partial charge in [-0.25, -0.2) is 14.0 Å². The van der Waals surface area contributed by atoms with Crippen molar-refractivity contribution in [1.29, 1.82) is 0 Å². The molecule has 0 unspecified atom stereocenters. The molecule has 4 rings (SSSR count). The van der Waals surface area contributed by atoms with Crippen molar-refractivity contribution in [3.8, 4) is 0 Å². The largest absolute Gasteiger partial charge is 0.471 e. The van der Waals surface area contributed by atoms with Crippen molar-refractivity contribution in [3.63, 3.8) is 0 Å². The number of ether oxygens (including phenoxy) is 4. The third-order valence-electron chi connectivity index (χ3n) is 5.65. The number of carbonyl (C=O) groups excluding carboxylic acids is 2. The van der Waals surface area contributed by atoms with E-state index in [1.807, 2.05) is 36.4 Å². The summed E-state index contributed by atoms with van der Waals surface area (Å²) >= 11 is 0. The third-order valence-corrected chi connectivity index (χ3v) is 5.65. The van der Waals surface area contributed by atoms with E-state index in [1.165, 1.54) is 37.6 Å². The lowest BCUT2D eigenvalue weighted by atomic mass is 9.83. The Hall–Kier alpha value is -3.45. The zero-order valence-electron chi connectivity index (χ0n) is 17.5. The highest BCUT2D eigenvalue weighted by molar-refractivity contribution is 5.90. The fourth-order valence-electron chi connectivity index (χ4n) is 4.00. The number of esters is 2. The number of rotatable bonds is 7. The maximum Gasteiger partial charge on any atom is 0.338 e. The van der Waals surface area contributed by atoms with Crippen LogP contribution in [-0.2, 0) is 30.3 Å². The normalized spacial score (nSPS) is 21.6. The van der Waals surface area contributed by atoms with Gasteiger partial charge in [-0.15, -0.1) is 0 Å². The fourth-order valence-corrected chi connectivity index (χ4v) is 4.00. The van der Waals surface area contributed by atoms with Gasteiger partial charge in [0.15, 0.2) is 0 Å². The molecule has 1 aliphatic carbocycles. The van der Waals surface area contributed by atoms with Crippen LogP contribution in [0, 0.1) is 17.7 Å². The minimum absolute atomic E-state index is 0.0143. The predicted octanol–water partition coefficient (Wildman–Crippen LogP) is 4.18. The van der Waals surface area contributed by atoms with Crippen molar-refractivity contribution in [3.05, 3.63) is 95.0 Å². The molecule has 32 heavy (non-hydrogen) atoms. The number of halogens is 1. The van der Waals surface area contributed by atoms with Gasteiger partial charge in [0, 0.05) is 5.92 Å². The van der Waals surface area contributed by atoms with Crippen molar-refractivity contribution < 1.29 is 32.9 Å². The van der Waals surface area contributed by atoms with Crippen molar-refractivity contribution in [2.45, 2.75) is 19.3 Å². The number of benzene rings is 2. The first-order valence-electron chi connectivity index (χ1n) is 10.3. The van der Waals surface area contributed by atoms with Crippen LogP contribution in [-0.4, -0.2) is 31.9 Å². The van der Waals surface area contributed by atoms with E-state index in [9.17, 15) is 14.0 Å². The van der Waals surface area contributed by atoms with Gasteiger partial charge in [-0.1, -0.05) is 36.4 Å². The Morgan fingerprint density at radius 1 is 1.03 bits per heavy atom. The van der Waals surface area contributed by atoms with Gasteiger partial charge in [-0.05, 0) is 41.8 Å². The monoisotopic (exact) mass is 438 g/mol. The molecule has 2 aliphatic rings. The predicted molar refractivity (Wildman–Crippen MR) is 113 cm³/mol. The number of fused-ring (bicyclic) bond motifs is 1. The van der Waals surface area contributed by atoms with Crippen molar-refractivity contribution in [2.75, 3.05) is 13.7 Å². The average Bonchev–Trinajstić information content (AvgIpc) is 3.26. The van der Waals surface area contributed by atoms with Gasteiger partial charge >= 0.3 is 11.9 Å². The van der Waals surface area contributed by atoms with E-state index in [1.54, 1.807) is 0 Å². The summed E-state index contributed by atoms with van der Waals surface area (Å²) in [5.74, 6) is -1.95. The number of carbonyl (C=O) groups is 2. The van der Waals surface area contributed by atoms with Gasteiger partial charge in [0.1, 0.15) is 12.4 Å². The van der Waals surface area contributed by atoms with Crippen LogP contribution in [0.25, 0.3) is 0 Å². The Balaban J connectivity index is 1.47. The lowest BCUT2D eigenvalue weighted by molar-refractivity contribution is -0.161. The van der Waals surface area contributed by atoms with Crippen molar-refractivity contribution >= 4 is 11.9 Å². The molecule has 6 nitrogen and oxygen atoms in total. The Morgan fingerprint density at radius 3 is 2.50 bits per heavy atom. The standard InChI is InChI=1S/C25H23FO6/c1-29-24(28)21-15-32-25(31-13-16-5-3-2-4-6-16)22-18(9-12-20(21)22)14-30-23(27)17-7-10-19(26)11-8-17/h2-11,15,20,22,25H,12-14H2,1H3/t20-,22-,25-/m1/s1. The highest BCUT2D eigenvalue weighted by Gasteiger charge is 2.45. The number of hydrogen-bond acceptors (Lipinski definition) is 6. The third kappa shape index (κ3) is 4.73. The van der Waals surface area contributed by atoms with Crippen LogP contribution in [0.3, 0.4) is 0 Å². The Bertz CT molecular complexity index is 1030. The molecule has 0 N–H and O–H groups in total. The van der Waals surface area contributed by atoms with E-state index in [2.05, 4.69) is 0 Å². The second-order valence-electron chi connectivity index (χ2n) is 7.60. The summed E-state index contributed by atoms with van der Waals surface area (Å²) in [5, 5.41) is 0. The van der Waals surface area contributed by atoms with Crippen LogP contribution in [0.1, 0.15) is 22.3 Å². The van der Waals surface area contributed by atoms with E-state index >= 15 is 0 Å². The molecule has 2 aromatic rings. The van der Waals surface area contributed by atoms with Crippen LogP contribution in [0.5, 0.6) is 0 Å². The van der Waals surface area contributed by atoms with E-state index in [0.29, 0.717) is 18.6 Å². The molecule has 0 saturated carbocycles. The fraction of sp³-hybridized carbons (Fsp3) is 0.280. The summed E-state index contributed by atoms with van der Waals surface area (Å²) in [6, 6.07) is 14.8. The Labute approximate surface area is 185 Å². The van der Waals surface area contributed by atoms with Gasteiger partial charge in [-0.3, -0.25) is 0 Å². The summed E-state index contributed by atoms with van der Waals surface area (Å²) in [6.07, 6.45) is 3.28. The Kier molecular flexibility index (Phi) is 6.66. The first kappa shape index (κ1) is 21.8. The van der Waals surface area contributed by atoms with Gasteiger partial charge < -0.3 is 18.9 Å². The van der Waals surface area contributed by atoms with Crippen molar-refractivity contribution in [2.24, 2.45) is 11.8 Å². The molecule has 0 fully saturated rings. The lowest BCUT2D eigenvalue weighted by Gasteiger charge is -2.34. The average molecular weight is 438 g/mol. The first-order chi connectivity index (χ1) is 15.6. The van der Waals surface area contributed by atoms with Crippen LogP contribution < -0.4 is 0 Å². The van der Waals surface area contributed by atoms with Gasteiger partial charge in [-0.2, -0.15) is 0 Å². The summed E-state index contributed by atoms with van der Waals surface area (Å²) in [6.45, 7) is 0.346. The summed E-state index contributed by atoms with van der Waals surface area (Å²) < 4.78 is 35.3. The molecule has 0 bridgehead atoms. The number of methoxy groups -OCH3 is 1. The van der Waals surface area contributed by atoms with E-state index < -0.39 is 24.0 Å². The summed E-state index contributed by atoms with van der Waals surface area (Å²) in [4.78, 5) is 24.6. The molecular weight excluding hydrogens is 415 g/mol. The van der Waals surface area contributed by atoms with E-state index in [0.717, 1.165) is 11.1 Å². The lowest BCUT2D eigenvalue weighted by Crippen LogP contribution is -2.37. The molecular formula is C25H23FO6. The SMILES string of the molecule is COC(=O)C1=CO[C@@H](OCc2ccccc2)[C@@H]2C(COC(=O)c3ccc(F)cc3)=CC[C@H]12. The van der Waals surface area contributed by atoms with E-state index in [4.69, 9.17) is 18.9 Å². The minimum atomic E-state index is -0.646. The van der Waals surface area contributed by atoms with Crippen molar-refractivity contribution in [1.82, 2.24) is 0 Å². The van der Waals surface area contributed by atoms with Crippen LogP contribution in [0.4, 0.5) is 4.39 Å². The quantitative estimate of drug-likeness (QED) is 0.477. The highest BCUT2D eigenvalue weighted by atomic mass is 19.1. The summed E-state index contributed by atoms with van der Waals surface area (Å²) in [7, 11) is 1.32. The zero-order chi connectivity index (χ0) is 22.5. The molecule has 3 atom stereocenters. The molecule has 0 radical (unpaired) electrons. The first-order valence-corrected chi connectivity index (χ1v) is 10.3. The molecule has 1 heterocycles. The molecule has 2 aromatic carbocycles. The second kappa shape index (κ2) is 9.78. The van der Waals surface area contributed by atoms with Crippen LogP contribution >= 0.6 is 0 Å². The van der Waals surface area contributed by atoms with Gasteiger partial charge in [0.2, 0.25) is 6.29 Å². The minimum Gasteiger partial charge on any atom is -0.471 e.